The van der Waals surface area contributed by atoms with Gasteiger partial charge in [0.05, 0.1) is 6.04 Å². The van der Waals surface area contributed by atoms with Crippen molar-refractivity contribution in [2.45, 2.75) is 31.1 Å². The van der Waals surface area contributed by atoms with Crippen LogP contribution in [0.1, 0.15) is 23.6 Å². The fraction of sp³-hybridized carbons (Fsp3) is 0.312. The number of fused-ring (bicyclic) bond motifs is 1. The first-order valence-electron chi connectivity index (χ1n) is 7.26. The fourth-order valence-electron chi connectivity index (χ4n) is 2.46. The molecule has 0 saturated heterocycles. The Labute approximate surface area is 136 Å². The van der Waals surface area contributed by atoms with E-state index in [2.05, 4.69) is 10.3 Å². The van der Waals surface area contributed by atoms with E-state index in [4.69, 9.17) is 0 Å². The van der Waals surface area contributed by atoms with E-state index in [9.17, 15) is 14.0 Å². The number of carbonyl (C=O) groups excluding carboxylic acids is 1. The molecule has 0 radical (unpaired) electrons. The minimum atomic E-state index is -0.304. The third-order valence-corrected chi connectivity index (χ3v) is 4.84. The van der Waals surface area contributed by atoms with E-state index < -0.39 is 0 Å². The molecular formula is C16H16FN3O2S. The van der Waals surface area contributed by atoms with Crippen molar-refractivity contribution in [3.05, 3.63) is 57.8 Å². The van der Waals surface area contributed by atoms with Crippen molar-refractivity contribution in [2.75, 3.05) is 5.75 Å². The summed E-state index contributed by atoms with van der Waals surface area (Å²) in [4.78, 5) is 28.6. The summed E-state index contributed by atoms with van der Waals surface area (Å²) in [5.41, 5.74) is 1.32. The predicted octanol–water partition coefficient (Wildman–Crippen LogP) is 2.04. The van der Waals surface area contributed by atoms with Crippen molar-refractivity contribution in [1.29, 1.82) is 0 Å². The molecule has 7 heteroatoms. The quantitative estimate of drug-likeness (QED) is 0.870. The highest BCUT2D eigenvalue weighted by Crippen LogP contribution is 2.31. The van der Waals surface area contributed by atoms with Gasteiger partial charge in [0.2, 0.25) is 5.91 Å². The van der Waals surface area contributed by atoms with Crippen LogP contribution in [0.3, 0.4) is 0 Å². The maximum atomic E-state index is 12.8. The Hall–Kier alpha value is -2.15. The number of hydrogen-bond donors (Lipinski definition) is 1. The van der Waals surface area contributed by atoms with Gasteiger partial charge in [-0.3, -0.25) is 14.2 Å². The normalized spacial score (nSPS) is 16.2. The number of nitrogens with one attached hydrogen (secondary N) is 1. The van der Waals surface area contributed by atoms with Gasteiger partial charge in [0, 0.05) is 30.5 Å². The number of thioether (sulfide) groups is 1. The lowest BCUT2D eigenvalue weighted by atomic mass is 10.2. The molecular weight excluding hydrogens is 317 g/mol. The third kappa shape index (κ3) is 3.44. The van der Waals surface area contributed by atoms with Crippen LogP contribution in [-0.2, 0) is 11.3 Å². The van der Waals surface area contributed by atoms with Gasteiger partial charge in [0.15, 0.2) is 5.16 Å². The largest absolute Gasteiger partial charge is 0.352 e. The van der Waals surface area contributed by atoms with E-state index in [1.807, 2.05) is 0 Å². The van der Waals surface area contributed by atoms with Crippen LogP contribution in [0.25, 0.3) is 0 Å². The van der Waals surface area contributed by atoms with E-state index in [0.717, 1.165) is 5.56 Å². The zero-order valence-electron chi connectivity index (χ0n) is 12.6. The van der Waals surface area contributed by atoms with Crippen LogP contribution in [0.2, 0.25) is 0 Å². The van der Waals surface area contributed by atoms with Crippen molar-refractivity contribution in [3.63, 3.8) is 0 Å². The molecule has 1 aromatic carbocycles. The first-order valence-corrected chi connectivity index (χ1v) is 8.25. The van der Waals surface area contributed by atoms with E-state index in [0.29, 0.717) is 23.0 Å². The summed E-state index contributed by atoms with van der Waals surface area (Å²) < 4.78 is 14.4. The lowest BCUT2D eigenvalue weighted by Gasteiger charge is -2.13. The molecule has 1 aliphatic heterocycles. The zero-order chi connectivity index (χ0) is 16.4. The Bertz CT molecular complexity index is 789. The molecule has 0 unspecified atom stereocenters. The van der Waals surface area contributed by atoms with Crippen LogP contribution in [-0.4, -0.2) is 21.2 Å². The molecule has 0 saturated carbocycles. The first kappa shape index (κ1) is 15.7. The number of halogens is 1. The van der Waals surface area contributed by atoms with Gasteiger partial charge in [0.25, 0.3) is 5.56 Å². The van der Waals surface area contributed by atoms with Gasteiger partial charge in [-0.25, -0.2) is 9.37 Å². The summed E-state index contributed by atoms with van der Waals surface area (Å²) >= 11 is 1.49. The van der Waals surface area contributed by atoms with Crippen LogP contribution in [0.15, 0.2) is 40.4 Å². The highest BCUT2D eigenvalue weighted by atomic mass is 32.2. The minimum absolute atomic E-state index is 0.0867. The molecule has 0 bridgehead atoms. The lowest BCUT2D eigenvalue weighted by Crippen LogP contribution is -2.31. The number of rotatable bonds is 4. The molecule has 0 fully saturated rings. The average molecular weight is 333 g/mol. The Balaban J connectivity index is 1.63. The summed E-state index contributed by atoms with van der Waals surface area (Å²) in [5, 5.41) is 3.47. The molecule has 1 N–H and O–H groups in total. The SMILES string of the molecule is Cc1cnc2n(c1=O)[C@@H](CC(=O)NCc1ccc(F)cc1)CS2. The molecule has 2 heterocycles. The van der Waals surface area contributed by atoms with Gasteiger partial charge in [0.1, 0.15) is 5.82 Å². The average Bonchev–Trinajstić information content (AvgIpc) is 2.94. The first-order chi connectivity index (χ1) is 11.0. The number of benzene rings is 1. The number of aromatic nitrogens is 2. The maximum absolute atomic E-state index is 12.8. The van der Waals surface area contributed by atoms with Crippen molar-refractivity contribution in [3.8, 4) is 0 Å². The second kappa shape index (κ2) is 6.54. The van der Waals surface area contributed by atoms with Gasteiger partial charge in [-0.2, -0.15) is 0 Å². The van der Waals surface area contributed by atoms with E-state index in [1.54, 1.807) is 29.8 Å². The number of hydrogen-bond acceptors (Lipinski definition) is 4. The second-order valence-electron chi connectivity index (χ2n) is 5.47. The fourth-order valence-corrected chi connectivity index (χ4v) is 3.57. The van der Waals surface area contributed by atoms with Crippen molar-refractivity contribution < 1.29 is 9.18 Å². The van der Waals surface area contributed by atoms with Crippen LogP contribution < -0.4 is 10.9 Å². The monoisotopic (exact) mass is 333 g/mol. The highest BCUT2D eigenvalue weighted by Gasteiger charge is 2.27. The third-order valence-electron chi connectivity index (χ3n) is 3.72. The molecule has 120 valence electrons. The van der Waals surface area contributed by atoms with Crippen LogP contribution in [0, 0.1) is 12.7 Å². The Morgan fingerprint density at radius 2 is 2.17 bits per heavy atom. The van der Waals surface area contributed by atoms with Crippen LogP contribution >= 0.6 is 11.8 Å². The van der Waals surface area contributed by atoms with Crippen molar-refractivity contribution >= 4 is 17.7 Å². The second-order valence-corrected chi connectivity index (χ2v) is 6.46. The minimum Gasteiger partial charge on any atom is -0.352 e. The highest BCUT2D eigenvalue weighted by molar-refractivity contribution is 7.99. The van der Waals surface area contributed by atoms with Crippen molar-refractivity contribution in [1.82, 2.24) is 14.9 Å². The van der Waals surface area contributed by atoms with Crippen LogP contribution in [0.4, 0.5) is 4.39 Å². The van der Waals surface area contributed by atoms with Crippen molar-refractivity contribution in [2.24, 2.45) is 0 Å². The summed E-state index contributed by atoms with van der Waals surface area (Å²) in [6.45, 7) is 2.06. The molecule has 0 spiro atoms. The number of nitrogens with zero attached hydrogens (tertiary/aromatic N) is 2. The Kier molecular flexibility index (Phi) is 4.47. The molecule has 0 aliphatic carbocycles. The predicted molar refractivity (Wildman–Crippen MR) is 85.9 cm³/mol. The van der Waals surface area contributed by atoms with E-state index >= 15 is 0 Å². The number of aryl methyl sites for hydroxylation is 1. The molecule has 1 amide bonds. The van der Waals surface area contributed by atoms with Crippen LogP contribution in [0.5, 0.6) is 0 Å². The van der Waals surface area contributed by atoms with Gasteiger partial charge in [-0.05, 0) is 24.6 Å². The summed E-state index contributed by atoms with van der Waals surface area (Å²) in [6, 6.07) is 5.81. The Morgan fingerprint density at radius 3 is 2.91 bits per heavy atom. The van der Waals surface area contributed by atoms with Gasteiger partial charge >= 0.3 is 0 Å². The standard InChI is InChI=1S/C16H16FN3O2S/c1-10-7-19-16-20(15(10)22)13(9-23-16)6-14(21)18-8-11-2-4-12(17)5-3-11/h2-5,7,13H,6,8-9H2,1H3,(H,18,21)/t13-/m0/s1. The number of carbonyl (C=O) groups is 1. The topological polar surface area (TPSA) is 64.0 Å². The molecule has 1 aromatic heterocycles. The molecule has 23 heavy (non-hydrogen) atoms. The Morgan fingerprint density at radius 1 is 1.43 bits per heavy atom. The van der Waals surface area contributed by atoms with Gasteiger partial charge in [-0.1, -0.05) is 23.9 Å². The maximum Gasteiger partial charge on any atom is 0.257 e. The zero-order valence-corrected chi connectivity index (χ0v) is 13.4. The molecule has 5 nitrogen and oxygen atoms in total. The summed E-state index contributed by atoms with van der Waals surface area (Å²) in [5.74, 6) is 0.221. The molecule has 3 rings (SSSR count). The summed E-state index contributed by atoms with van der Waals surface area (Å²) in [7, 11) is 0. The van der Waals surface area contributed by atoms with E-state index in [1.165, 1.54) is 23.9 Å². The number of amides is 1. The molecule has 1 atom stereocenters. The lowest BCUT2D eigenvalue weighted by molar-refractivity contribution is -0.121. The van der Waals surface area contributed by atoms with Gasteiger partial charge in [-0.15, -0.1) is 0 Å². The van der Waals surface area contributed by atoms with Gasteiger partial charge < -0.3 is 5.32 Å². The summed E-state index contributed by atoms with van der Waals surface area (Å²) in [6.07, 6.45) is 1.80. The smallest absolute Gasteiger partial charge is 0.257 e. The molecule has 1 aliphatic rings. The van der Waals surface area contributed by atoms with E-state index in [-0.39, 0.29) is 29.7 Å². The molecule has 2 aromatic rings.